The molecule has 2 aromatic rings. The maximum atomic E-state index is 12.4. The summed E-state index contributed by atoms with van der Waals surface area (Å²) >= 11 is 0. The van der Waals surface area contributed by atoms with Gasteiger partial charge in [0.2, 0.25) is 0 Å². The van der Waals surface area contributed by atoms with Crippen molar-refractivity contribution < 1.29 is 13.9 Å². The zero-order valence-electron chi connectivity index (χ0n) is 14.2. The number of rotatable bonds is 7. The molecule has 0 saturated carbocycles. The van der Waals surface area contributed by atoms with Crippen molar-refractivity contribution in [2.75, 3.05) is 20.3 Å². The van der Waals surface area contributed by atoms with Gasteiger partial charge in [0.25, 0.3) is 5.56 Å². The molecule has 2 rings (SSSR count). The number of hydrogen-bond donors (Lipinski definition) is 2. The van der Waals surface area contributed by atoms with Gasteiger partial charge in [-0.25, -0.2) is 4.79 Å². The summed E-state index contributed by atoms with van der Waals surface area (Å²) in [6, 6.07) is 5.19. The smallest absolute Gasteiger partial charge is 0.318 e. The van der Waals surface area contributed by atoms with Gasteiger partial charge in [-0.1, -0.05) is 0 Å². The number of aryl methyl sites for hydroxylation is 2. The van der Waals surface area contributed by atoms with Gasteiger partial charge in [0, 0.05) is 24.9 Å². The third-order valence-electron chi connectivity index (χ3n) is 3.69. The van der Waals surface area contributed by atoms with Gasteiger partial charge in [-0.05, 0) is 37.6 Å². The first kappa shape index (κ1) is 17.8. The summed E-state index contributed by atoms with van der Waals surface area (Å²) in [6.07, 6.45) is 1.57. The van der Waals surface area contributed by atoms with Gasteiger partial charge in [-0.15, -0.1) is 0 Å². The first-order valence-electron chi connectivity index (χ1n) is 7.74. The number of carbonyl (C=O) groups excluding carboxylic acids is 1. The quantitative estimate of drug-likeness (QED) is 0.810. The molecule has 0 spiro atoms. The molecule has 24 heavy (non-hydrogen) atoms. The van der Waals surface area contributed by atoms with Crippen LogP contribution in [0.4, 0.5) is 4.79 Å². The lowest BCUT2D eigenvalue weighted by molar-refractivity contribution is 0.142. The van der Waals surface area contributed by atoms with Crippen molar-refractivity contribution in [1.82, 2.24) is 15.2 Å². The fourth-order valence-electron chi connectivity index (χ4n) is 2.42. The van der Waals surface area contributed by atoms with E-state index in [1.54, 1.807) is 24.3 Å². The van der Waals surface area contributed by atoms with Crippen LogP contribution in [0.15, 0.2) is 33.7 Å². The minimum atomic E-state index is -0.275. The van der Waals surface area contributed by atoms with Crippen LogP contribution in [0.3, 0.4) is 0 Å². The second-order valence-corrected chi connectivity index (χ2v) is 5.60. The van der Waals surface area contributed by atoms with E-state index in [0.29, 0.717) is 31.0 Å². The fraction of sp³-hybridized carbons (Fsp3) is 0.412. The first-order valence-corrected chi connectivity index (χ1v) is 7.74. The van der Waals surface area contributed by atoms with E-state index >= 15 is 0 Å². The molecule has 0 radical (unpaired) electrons. The Balaban J connectivity index is 2.03. The molecule has 130 valence electrons. The van der Waals surface area contributed by atoms with Gasteiger partial charge in [-0.3, -0.25) is 4.79 Å². The Morgan fingerprint density at radius 2 is 2.21 bits per heavy atom. The molecular formula is C17H23N3O4. The van der Waals surface area contributed by atoms with E-state index in [-0.39, 0.29) is 18.1 Å². The predicted molar refractivity (Wildman–Crippen MR) is 89.8 cm³/mol. The van der Waals surface area contributed by atoms with E-state index < -0.39 is 0 Å². The van der Waals surface area contributed by atoms with E-state index in [4.69, 9.17) is 9.15 Å². The summed E-state index contributed by atoms with van der Waals surface area (Å²) in [4.78, 5) is 28.8. The summed E-state index contributed by atoms with van der Waals surface area (Å²) in [5.74, 6) is 0.686. The number of aromatic nitrogens is 1. The number of aromatic amines is 1. The van der Waals surface area contributed by atoms with E-state index in [2.05, 4.69) is 10.3 Å². The highest BCUT2D eigenvalue weighted by Crippen LogP contribution is 2.07. The lowest BCUT2D eigenvalue weighted by atomic mass is 10.1. The Morgan fingerprint density at radius 3 is 2.83 bits per heavy atom. The average Bonchev–Trinajstić information content (AvgIpc) is 3.03. The minimum Gasteiger partial charge on any atom is -0.467 e. The Morgan fingerprint density at radius 1 is 1.42 bits per heavy atom. The van der Waals surface area contributed by atoms with Crippen LogP contribution in [-0.2, 0) is 17.8 Å². The zero-order chi connectivity index (χ0) is 17.5. The number of methoxy groups -OCH3 is 1. The first-order chi connectivity index (χ1) is 11.5. The Hall–Kier alpha value is -2.54. The highest BCUT2D eigenvalue weighted by Gasteiger charge is 2.16. The largest absolute Gasteiger partial charge is 0.467 e. The van der Waals surface area contributed by atoms with Crippen molar-refractivity contribution in [3.05, 3.63) is 57.4 Å². The van der Waals surface area contributed by atoms with E-state index in [9.17, 15) is 9.59 Å². The normalized spacial score (nSPS) is 10.6. The van der Waals surface area contributed by atoms with Crippen LogP contribution in [0.2, 0.25) is 0 Å². The second-order valence-electron chi connectivity index (χ2n) is 5.60. The van der Waals surface area contributed by atoms with Gasteiger partial charge in [0.05, 0.1) is 26.0 Å². The molecule has 0 aliphatic heterocycles. The van der Waals surface area contributed by atoms with Crippen molar-refractivity contribution >= 4 is 6.03 Å². The topological polar surface area (TPSA) is 87.6 Å². The molecule has 2 N–H and O–H groups in total. The number of pyridine rings is 1. The summed E-state index contributed by atoms with van der Waals surface area (Å²) in [7, 11) is 1.58. The van der Waals surface area contributed by atoms with Gasteiger partial charge in [-0.2, -0.15) is 0 Å². The molecule has 0 aliphatic carbocycles. The number of nitrogens with zero attached hydrogens (tertiary/aromatic N) is 1. The number of H-pyrrole nitrogens is 1. The summed E-state index contributed by atoms with van der Waals surface area (Å²) < 4.78 is 10.3. The van der Waals surface area contributed by atoms with Crippen LogP contribution >= 0.6 is 0 Å². The molecule has 0 atom stereocenters. The Bertz CT molecular complexity index is 722. The van der Waals surface area contributed by atoms with Crippen molar-refractivity contribution in [1.29, 1.82) is 0 Å². The number of furan rings is 1. The highest BCUT2D eigenvalue weighted by molar-refractivity contribution is 5.74. The summed E-state index contributed by atoms with van der Waals surface area (Å²) in [5.41, 5.74) is 2.03. The second kappa shape index (κ2) is 8.35. The molecule has 0 aromatic carbocycles. The molecule has 2 aromatic heterocycles. The van der Waals surface area contributed by atoms with Crippen molar-refractivity contribution in [2.24, 2.45) is 0 Å². The summed E-state index contributed by atoms with van der Waals surface area (Å²) in [6.45, 7) is 5.03. The minimum absolute atomic E-state index is 0.169. The van der Waals surface area contributed by atoms with Crippen LogP contribution in [0.1, 0.15) is 22.6 Å². The Kier molecular flexibility index (Phi) is 6.20. The van der Waals surface area contributed by atoms with E-state index in [0.717, 1.165) is 11.3 Å². The number of hydrogen-bond acceptors (Lipinski definition) is 4. The number of amides is 2. The van der Waals surface area contributed by atoms with Crippen molar-refractivity contribution in [3.8, 4) is 0 Å². The Labute approximate surface area is 140 Å². The monoisotopic (exact) mass is 333 g/mol. The molecular weight excluding hydrogens is 310 g/mol. The molecule has 7 nitrogen and oxygen atoms in total. The van der Waals surface area contributed by atoms with Gasteiger partial charge >= 0.3 is 6.03 Å². The number of nitrogens with one attached hydrogen (secondary N) is 2. The number of urea groups is 1. The van der Waals surface area contributed by atoms with Crippen LogP contribution in [0, 0.1) is 13.8 Å². The van der Waals surface area contributed by atoms with Crippen LogP contribution < -0.4 is 10.9 Å². The lowest BCUT2D eigenvalue weighted by Gasteiger charge is -2.22. The average molecular weight is 333 g/mol. The maximum Gasteiger partial charge on any atom is 0.318 e. The molecule has 0 unspecified atom stereocenters. The molecule has 2 heterocycles. The van der Waals surface area contributed by atoms with Crippen molar-refractivity contribution in [2.45, 2.75) is 26.9 Å². The van der Waals surface area contributed by atoms with Crippen LogP contribution in [-0.4, -0.2) is 36.2 Å². The highest BCUT2D eigenvalue weighted by atomic mass is 16.5. The third kappa shape index (κ3) is 4.73. The van der Waals surface area contributed by atoms with Crippen molar-refractivity contribution in [3.63, 3.8) is 0 Å². The van der Waals surface area contributed by atoms with Crippen LogP contribution in [0.25, 0.3) is 0 Å². The molecule has 2 amide bonds. The predicted octanol–water partition coefficient (Wildman–Crippen LogP) is 1.94. The molecule has 7 heteroatoms. The fourth-order valence-corrected chi connectivity index (χ4v) is 2.42. The lowest BCUT2D eigenvalue weighted by Crippen LogP contribution is -2.41. The van der Waals surface area contributed by atoms with Gasteiger partial charge in [0.1, 0.15) is 5.76 Å². The molecule has 0 fully saturated rings. The molecule has 0 saturated heterocycles. The van der Waals surface area contributed by atoms with Gasteiger partial charge < -0.3 is 24.4 Å². The maximum absolute atomic E-state index is 12.4. The van der Waals surface area contributed by atoms with Crippen LogP contribution in [0.5, 0.6) is 0 Å². The summed E-state index contributed by atoms with van der Waals surface area (Å²) in [5, 5.41) is 2.79. The third-order valence-corrected chi connectivity index (χ3v) is 3.69. The molecule has 0 bridgehead atoms. The number of carbonyl (C=O) groups is 1. The molecule has 0 aliphatic rings. The zero-order valence-corrected chi connectivity index (χ0v) is 14.2. The number of ether oxygens (including phenoxy) is 1. The van der Waals surface area contributed by atoms with E-state index in [1.165, 1.54) is 0 Å². The van der Waals surface area contributed by atoms with E-state index in [1.807, 2.05) is 26.0 Å². The van der Waals surface area contributed by atoms with Gasteiger partial charge in [0.15, 0.2) is 0 Å². The SMILES string of the molecule is COCCN(Cc1ccco1)C(=O)NCc1c(C)cc(C)[nH]c1=O. The standard InChI is InChI=1S/C17H23N3O4/c1-12-9-13(2)19-16(21)15(12)10-18-17(22)20(6-8-23-3)11-14-5-4-7-24-14/h4-5,7,9H,6,8,10-11H2,1-3H3,(H,18,22)(H,19,21).